The predicted molar refractivity (Wildman–Crippen MR) is 138 cm³/mol. The molecule has 1 aliphatic heterocycles. The number of ether oxygens (including phenoxy) is 4. The Morgan fingerprint density at radius 3 is 2.38 bits per heavy atom. The molecule has 15 heteroatoms. The number of rotatable bonds is 10. The number of phosphoric acid groups is 1. The standard InChI is InChI=1S/C25H28FN4O9P/c1-25(2)24(31)30(13-38-40(32,33)34)23-18(39-25)7-6-15(28-23)11-17-16(26)12-27-21(29-17)10-14-8-19(35-3)22(37-5)20(9-14)36-4/h6-9,12H,10-11,13H2,1-5H3,(H2,32,33,34)/i13D2. The monoisotopic (exact) mass is 580 g/mol. The van der Waals surface area contributed by atoms with Crippen molar-refractivity contribution >= 4 is 19.5 Å². The summed E-state index contributed by atoms with van der Waals surface area (Å²) in [6, 6.07) is 6.25. The maximum absolute atomic E-state index is 14.8. The third kappa shape index (κ3) is 6.31. The van der Waals surface area contributed by atoms with Crippen LogP contribution in [0.2, 0.25) is 0 Å². The number of aromatic nitrogens is 3. The van der Waals surface area contributed by atoms with Gasteiger partial charge in [0, 0.05) is 18.5 Å². The molecule has 1 aromatic carbocycles. The SMILES string of the molecule is [2H]C([2H])(OP(=O)(O)O)N1C(=O)C(C)(C)Oc2ccc(Cc3nc(Cc4cc(OC)c(OC)c(OC)c4)ncc3F)nc21. The number of phosphoric ester groups is 1. The molecule has 2 aromatic heterocycles. The minimum absolute atomic E-state index is 0.0516. The van der Waals surface area contributed by atoms with Crippen molar-refractivity contribution in [3.63, 3.8) is 0 Å². The Hall–Kier alpha value is -3.84. The van der Waals surface area contributed by atoms with Gasteiger partial charge in [-0.15, -0.1) is 0 Å². The van der Waals surface area contributed by atoms with Crippen molar-refractivity contribution < 1.29 is 49.7 Å². The molecule has 0 spiro atoms. The van der Waals surface area contributed by atoms with Gasteiger partial charge in [0.2, 0.25) is 5.75 Å². The maximum Gasteiger partial charge on any atom is 0.471 e. The molecule has 3 aromatic rings. The molecule has 0 saturated heterocycles. The smallest absolute Gasteiger partial charge is 0.471 e. The van der Waals surface area contributed by atoms with Crippen molar-refractivity contribution in [3.05, 3.63) is 59.1 Å². The zero-order valence-electron chi connectivity index (χ0n) is 24.2. The summed E-state index contributed by atoms with van der Waals surface area (Å²) in [6.45, 7) is -0.623. The fraction of sp³-hybridized carbons (Fsp3) is 0.360. The molecule has 0 radical (unpaired) electrons. The molecule has 0 saturated carbocycles. The maximum atomic E-state index is 14.8. The first kappa shape index (κ1) is 26.4. The van der Waals surface area contributed by atoms with Crippen molar-refractivity contribution in [1.29, 1.82) is 0 Å². The number of nitrogens with zero attached hydrogens (tertiary/aromatic N) is 4. The van der Waals surface area contributed by atoms with E-state index in [4.69, 9.17) is 21.7 Å². The Morgan fingerprint density at radius 2 is 1.77 bits per heavy atom. The summed E-state index contributed by atoms with van der Waals surface area (Å²) in [4.78, 5) is 44.6. The summed E-state index contributed by atoms with van der Waals surface area (Å²) < 4.78 is 68.5. The Balaban J connectivity index is 1.68. The van der Waals surface area contributed by atoms with Crippen molar-refractivity contribution in [1.82, 2.24) is 15.0 Å². The second-order valence-electron chi connectivity index (χ2n) is 9.02. The van der Waals surface area contributed by atoms with E-state index in [2.05, 4.69) is 19.5 Å². The van der Waals surface area contributed by atoms with Gasteiger partial charge in [0.05, 0.1) is 36.0 Å². The van der Waals surface area contributed by atoms with Crippen LogP contribution in [-0.2, 0) is 26.7 Å². The number of hydrogen-bond acceptors (Lipinski definition) is 10. The zero-order valence-corrected chi connectivity index (χ0v) is 23.1. The quantitative estimate of drug-likeness (QED) is 0.338. The van der Waals surface area contributed by atoms with Gasteiger partial charge in [0.15, 0.2) is 34.5 Å². The Bertz CT molecular complexity index is 1550. The first-order valence-electron chi connectivity index (χ1n) is 12.7. The number of hydrogen-bond donors (Lipinski definition) is 2. The van der Waals surface area contributed by atoms with E-state index in [1.807, 2.05) is 0 Å². The number of carbonyl (C=O) groups excluding carboxylic acids is 1. The highest BCUT2D eigenvalue weighted by Gasteiger charge is 2.42. The molecule has 4 rings (SSSR count). The lowest BCUT2D eigenvalue weighted by Crippen LogP contribution is -2.53. The van der Waals surface area contributed by atoms with Gasteiger partial charge in [-0.25, -0.2) is 23.9 Å². The van der Waals surface area contributed by atoms with Gasteiger partial charge >= 0.3 is 7.82 Å². The molecule has 13 nitrogen and oxygen atoms in total. The largest absolute Gasteiger partial charge is 0.493 e. The fourth-order valence-corrected chi connectivity index (χ4v) is 4.11. The van der Waals surface area contributed by atoms with E-state index >= 15 is 0 Å². The highest BCUT2D eigenvalue weighted by Crippen LogP contribution is 2.41. The number of carbonyl (C=O) groups is 1. The molecule has 1 aliphatic rings. The van der Waals surface area contributed by atoms with Crippen molar-refractivity contribution in [2.45, 2.75) is 32.3 Å². The summed E-state index contributed by atoms with van der Waals surface area (Å²) in [6.07, 6.45) is 0.965. The molecule has 0 atom stereocenters. The molecule has 214 valence electrons. The number of halogens is 1. The molecular formula is C25H28FN4O9P. The lowest BCUT2D eigenvalue weighted by Gasteiger charge is -2.37. The molecule has 40 heavy (non-hydrogen) atoms. The molecule has 0 fully saturated rings. The summed E-state index contributed by atoms with van der Waals surface area (Å²) in [7, 11) is -0.955. The Kier molecular flexibility index (Phi) is 7.48. The van der Waals surface area contributed by atoms with Gasteiger partial charge in [0.25, 0.3) is 5.91 Å². The molecule has 0 bridgehead atoms. The summed E-state index contributed by atoms with van der Waals surface area (Å²) in [5.41, 5.74) is -0.847. The average molecular weight is 581 g/mol. The van der Waals surface area contributed by atoms with Crippen molar-refractivity contribution in [2.24, 2.45) is 0 Å². The van der Waals surface area contributed by atoms with Crippen LogP contribution in [0.25, 0.3) is 0 Å². The number of fused-ring (bicyclic) bond motifs is 1. The molecular weight excluding hydrogens is 550 g/mol. The van der Waals surface area contributed by atoms with E-state index < -0.39 is 37.6 Å². The van der Waals surface area contributed by atoms with Crippen LogP contribution in [0.15, 0.2) is 30.5 Å². The van der Waals surface area contributed by atoms with Gasteiger partial charge in [-0.3, -0.25) is 14.2 Å². The van der Waals surface area contributed by atoms with Gasteiger partial charge < -0.3 is 28.7 Å². The van der Waals surface area contributed by atoms with Crippen molar-refractivity contribution in [3.8, 4) is 23.0 Å². The lowest BCUT2D eigenvalue weighted by atomic mass is 10.1. The number of methoxy groups -OCH3 is 3. The number of pyridine rings is 1. The van der Waals surface area contributed by atoms with Crippen LogP contribution in [0.5, 0.6) is 23.0 Å². The normalized spacial score (nSPS) is 15.5. The number of benzene rings is 1. The second-order valence-corrected chi connectivity index (χ2v) is 10.2. The summed E-state index contributed by atoms with van der Waals surface area (Å²) in [5.74, 6) is -0.743. The first-order chi connectivity index (χ1) is 19.6. The van der Waals surface area contributed by atoms with Gasteiger partial charge in [-0.1, -0.05) is 0 Å². The third-order valence-electron chi connectivity index (χ3n) is 5.74. The highest BCUT2D eigenvalue weighted by molar-refractivity contribution is 7.46. The van der Waals surface area contributed by atoms with Crippen LogP contribution >= 0.6 is 7.82 Å². The summed E-state index contributed by atoms with van der Waals surface area (Å²) in [5, 5.41) is 0. The Morgan fingerprint density at radius 1 is 1.10 bits per heavy atom. The van der Waals surface area contributed by atoms with E-state index in [-0.39, 0.29) is 35.8 Å². The van der Waals surface area contributed by atoms with Gasteiger partial charge in [0.1, 0.15) is 12.5 Å². The van der Waals surface area contributed by atoms with Crippen LogP contribution in [0.1, 0.15) is 39.4 Å². The molecule has 0 aliphatic carbocycles. The molecule has 2 N–H and O–H groups in total. The van der Waals surface area contributed by atoms with E-state index in [0.29, 0.717) is 27.7 Å². The molecule has 1 amide bonds. The minimum atomic E-state index is -5.38. The topological polar surface area (TPSA) is 163 Å². The first-order valence-corrected chi connectivity index (χ1v) is 13.2. The number of amides is 1. The highest BCUT2D eigenvalue weighted by atomic mass is 31.2. The van der Waals surface area contributed by atoms with Gasteiger partial charge in [-0.05, 0) is 43.7 Å². The van der Waals surface area contributed by atoms with Gasteiger partial charge in [-0.2, -0.15) is 0 Å². The van der Waals surface area contributed by atoms with E-state index in [9.17, 15) is 23.5 Å². The predicted octanol–water partition coefficient (Wildman–Crippen LogP) is 2.79. The molecule has 0 unspecified atom stereocenters. The zero-order chi connectivity index (χ0) is 31.0. The number of anilines is 1. The van der Waals surface area contributed by atoms with E-state index in [0.717, 1.165) is 6.20 Å². The fourth-order valence-electron chi connectivity index (χ4n) is 3.92. The van der Waals surface area contributed by atoms with Crippen LogP contribution in [-0.4, -0.2) is 64.3 Å². The van der Waals surface area contributed by atoms with E-state index in [1.54, 1.807) is 12.1 Å². The second kappa shape index (κ2) is 11.3. The third-order valence-corrected chi connectivity index (χ3v) is 6.06. The summed E-state index contributed by atoms with van der Waals surface area (Å²) >= 11 is 0. The minimum Gasteiger partial charge on any atom is -0.493 e. The van der Waals surface area contributed by atoms with Crippen LogP contribution in [0.3, 0.4) is 0 Å². The van der Waals surface area contributed by atoms with Crippen LogP contribution < -0.4 is 23.8 Å². The Labute approximate surface area is 231 Å². The van der Waals surface area contributed by atoms with E-state index in [1.165, 1.54) is 47.3 Å². The average Bonchev–Trinajstić information content (AvgIpc) is 2.89. The lowest BCUT2D eigenvalue weighted by molar-refractivity contribution is -0.133. The van der Waals surface area contributed by atoms with Crippen LogP contribution in [0.4, 0.5) is 10.2 Å². The molecule has 3 heterocycles. The van der Waals surface area contributed by atoms with Crippen molar-refractivity contribution in [2.75, 3.05) is 32.9 Å². The van der Waals surface area contributed by atoms with Crippen LogP contribution in [0, 0.1) is 5.82 Å².